The monoisotopic (exact) mass is 213 g/mol. The van der Waals surface area contributed by atoms with Crippen molar-refractivity contribution in [2.75, 3.05) is 26.4 Å². The van der Waals surface area contributed by atoms with E-state index in [0.717, 1.165) is 0 Å². The third-order valence-corrected chi connectivity index (χ3v) is 2.25. The second kappa shape index (κ2) is 4.95. The molecule has 1 heterocycles. The Morgan fingerprint density at radius 2 is 2.14 bits per heavy atom. The van der Waals surface area contributed by atoms with Crippen LogP contribution in [-0.2, 0) is 4.74 Å². The van der Waals surface area contributed by atoms with Crippen LogP contribution >= 0.6 is 0 Å². The Hall–Kier alpha value is -0.330. The van der Waals surface area contributed by atoms with Gasteiger partial charge in [0, 0.05) is 12.6 Å². The topological polar surface area (TPSA) is 32.7 Å². The quantitative estimate of drug-likeness (QED) is 0.558. The molecule has 0 radical (unpaired) electrons. The average Bonchev–Trinajstić information content (AvgIpc) is 2.52. The summed E-state index contributed by atoms with van der Waals surface area (Å²) in [6.45, 7) is 0.0393. The molecule has 0 aromatic rings. The maximum absolute atomic E-state index is 12.3. The first-order valence-electron chi connectivity index (χ1n) is 4.58. The summed E-state index contributed by atoms with van der Waals surface area (Å²) in [7, 11) is 0. The summed E-state index contributed by atoms with van der Waals surface area (Å²) in [6.07, 6.45) is -3.21. The molecule has 0 amide bonds. The zero-order valence-electron chi connectivity index (χ0n) is 7.76. The van der Waals surface area contributed by atoms with Crippen LogP contribution < -0.4 is 0 Å². The van der Waals surface area contributed by atoms with Crippen molar-refractivity contribution in [3.05, 3.63) is 0 Å². The fourth-order valence-corrected chi connectivity index (χ4v) is 1.63. The highest BCUT2D eigenvalue weighted by atomic mass is 19.4. The van der Waals surface area contributed by atoms with Crippen LogP contribution in [0.15, 0.2) is 0 Å². The van der Waals surface area contributed by atoms with E-state index in [1.807, 2.05) is 0 Å². The number of likely N-dealkylation sites (tertiary alicyclic amines) is 1. The van der Waals surface area contributed by atoms with Crippen LogP contribution in [0.4, 0.5) is 13.2 Å². The van der Waals surface area contributed by atoms with Crippen molar-refractivity contribution in [1.82, 2.24) is 4.90 Å². The third-order valence-electron chi connectivity index (χ3n) is 2.25. The summed E-state index contributed by atoms with van der Waals surface area (Å²) in [5, 5.41) is 8.41. The van der Waals surface area contributed by atoms with Crippen LogP contribution in [0, 0.1) is 0 Å². The Morgan fingerprint density at radius 1 is 1.43 bits per heavy atom. The number of hydrogen-bond acceptors (Lipinski definition) is 3. The number of rotatable bonds is 4. The molecule has 6 heteroatoms. The van der Waals surface area contributed by atoms with Crippen molar-refractivity contribution in [2.24, 2.45) is 0 Å². The molecule has 14 heavy (non-hydrogen) atoms. The molecule has 1 fully saturated rings. The van der Waals surface area contributed by atoms with Crippen LogP contribution in [0.3, 0.4) is 0 Å². The summed E-state index contributed by atoms with van der Waals surface area (Å²) >= 11 is 0. The maximum atomic E-state index is 12.3. The molecule has 1 rings (SSSR count). The number of alkyl halides is 3. The van der Waals surface area contributed by atoms with E-state index in [9.17, 15) is 13.2 Å². The van der Waals surface area contributed by atoms with Crippen LogP contribution in [-0.4, -0.2) is 48.7 Å². The Morgan fingerprint density at radius 3 is 2.71 bits per heavy atom. The van der Waals surface area contributed by atoms with Gasteiger partial charge in [0.25, 0.3) is 0 Å². The van der Waals surface area contributed by atoms with Crippen molar-refractivity contribution >= 4 is 0 Å². The predicted molar refractivity (Wildman–Crippen MR) is 43.7 cm³/mol. The molecule has 1 N–H and O–H groups in total. The van der Waals surface area contributed by atoms with Gasteiger partial charge in [-0.1, -0.05) is 0 Å². The number of hydrogen-bond donors (Lipinski definition) is 1. The van der Waals surface area contributed by atoms with Crippen molar-refractivity contribution in [2.45, 2.75) is 25.2 Å². The third kappa shape index (κ3) is 3.11. The highest BCUT2D eigenvalue weighted by molar-refractivity contribution is 4.80. The van der Waals surface area contributed by atoms with Gasteiger partial charge in [0.15, 0.2) is 0 Å². The van der Waals surface area contributed by atoms with E-state index in [4.69, 9.17) is 9.84 Å². The van der Waals surface area contributed by atoms with Gasteiger partial charge in [0.2, 0.25) is 0 Å². The largest absolute Gasteiger partial charge is 0.460 e. The molecule has 0 aliphatic carbocycles. The van der Waals surface area contributed by atoms with Crippen LogP contribution in [0.1, 0.15) is 12.8 Å². The molecule has 0 unspecified atom stereocenters. The van der Waals surface area contributed by atoms with Crippen molar-refractivity contribution in [3.8, 4) is 0 Å². The van der Waals surface area contributed by atoms with Gasteiger partial charge in [0.1, 0.15) is 0 Å². The predicted octanol–water partition coefficient (Wildman–Crippen LogP) is 0.980. The molecular weight excluding hydrogens is 199 g/mol. The minimum atomic E-state index is -4.26. The lowest BCUT2D eigenvalue weighted by molar-refractivity contribution is -0.253. The van der Waals surface area contributed by atoms with Gasteiger partial charge < -0.3 is 9.84 Å². The van der Waals surface area contributed by atoms with Gasteiger partial charge >= 0.3 is 6.30 Å². The maximum Gasteiger partial charge on any atom is 0.460 e. The summed E-state index contributed by atoms with van der Waals surface area (Å²) in [6, 6.07) is -0.582. The number of halogens is 3. The fraction of sp³-hybridized carbons (Fsp3) is 1.00. The Labute approximate surface area is 80.5 Å². The molecule has 0 aromatic heterocycles. The minimum Gasteiger partial charge on any atom is -0.394 e. The molecule has 84 valence electrons. The van der Waals surface area contributed by atoms with Crippen LogP contribution in [0.2, 0.25) is 0 Å². The van der Waals surface area contributed by atoms with E-state index in [-0.39, 0.29) is 26.4 Å². The fourth-order valence-electron chi connectivity index (χ4n) is 1.63. The second-order valence-electron chi connectivity index (χ2n) is 3.26. The highest BCUT2D eigenvalue weighted by Gasteiger charge is 2.44. The zero-order valence-corrected chi connectivity index (χ0v) is 7.76. The van der Waals surface area contributed by atoms with E-state index in [1.54, 1.807) is 0 Å². The lowest BCUT2D eigenvalue weighted by Crippen LogP contribution is -2.43. The number of ether oxygens (including phenoxy) is 1. The zero-order chi connectivity index (χ0) is 10.6. The summed E-state index contributed by atoms with van der Waals surface area (Å²) < 4.78 is 41.9. The normalized spacial score (nSPS) is 24.4. The van der Waals surface area contributed by atoms with Crippen molar-refractivity contribution in [3.63, 3.8) is 0 Å². The summed E-state index contributed by atoms with van der Waals surface area (Å²) in [4.78, 5) is 0.504. The molecule has 1 atom stereocenters. The number of nitrogens with zero attached hydrogens (tertiary/aromatic N) is 1. The average molecular weight is 213 g/mol. The van der Waals surface area contributed by atoms with Crippen LogP contribution in [0.25, 0.3) is 0 Å². The first kappa shape index (κ1) is 11.7. The molecule has 3 nitrogen and oxygen atoms in total. The van der Waals surface area contributed by atoms with Gasteiger partial charge in [-0.3, -0.25) is 0 Å². The smallest absolute Gasteiger partial charge is 0.394 e. The standard InChI is InChI=1S/C8H14F3NO2/c9-8(10,11)12-3-1-2-7(12)6-14-5-4-13/h7,13H,1-6H2/t7-/m1/s1. The van der Waals surface area contributed by atoms with Gasteiger partial charge in [-0.15, -0.1) is 0 Å². The number of aliphatic hydroxyl groups excluding tert-OH is 1. The van der Waals surface area contributed by atoms with Gasteiger partial charge in [0.05, 0.1) is 19.8 Å². The van der Waals surface area contributed by atoms with Gasteiger partial charge in [-0.25, -0.2) is 4.90 Å². The number of aliphatic hydroxyl groups is 1. The molecular formula is C8H14F3NO2. The molecule has 1 aliphatic heterocycles. The lowest BCUT2D eigenvalue weighted by Gasteiger charge is -2.26. The van der Waals surface area contributed by atoms with Gasteiger partial charge in [-0.2, -0.15) is 13.2 Å². The molecule has 0 bridgehead atoms. The highest BCUT2D eigenvalue weighted by Crippen LogP contribution is 2.30. The molecule has 0 aromatic carbocycles. The SMILES string of the molecule is OCCOC[C@H]1CCCN1C(F)(F)F. The van der Waals surface area contributed by atoms with E-state index in [2.05, 4.69) is 0 Å². The molecule has 0 spiro atoms. The van der Waals surface area contributed by atoms with Crippen molar-refractivity contribution in [1.29, 1.82) is 0 Å². The summed E-state index contributed by atoms with van der Waals surface area (Å²) in [5.74, 6) is 0. The molecule has 1 saturated heterocycles. The second-order valence-corrected chi connectivity index (χ2v) is 3.26. The summed E-state index contributed by atoms with van der Waals surface area (Å²) in [5.41, 5.74) is 0. The van der Waals surface area contributed by atoms with Gasteiger partial charge in [-0.05, 0) is 12.8 Å². The molecule has 0 saturated carbocycles. The van der Waals surface area contributed by atoms with E-state index < -0.39 is 12.3 Å². The molecule has 1 aliphatic rings. The van der Waals surface area contributed by atoms with E-state index >= 15 is 0 Å². The Bertz CT molecular complexity index is 174. The first-order valence-corrected chi connectivity index (χ1v) is 4.58. The Kier molecular flexibility index (Phi) is 4.15. The van der Waals surface area contributed by atoms with Crippen molar-refractivity contribution < 1.29 is 23.0 Å². The van der Waals surface area contributed by atoms with E-state index in [0.29, 0.717) is 17.7 Å². The first-order chi connectivity index (χ1) is 6.55. The van der Waals surface area contributed by atoms with E-state index in [1.165, 1.54) is 0 Å². The lowest BCUT2D eigenvalue weighted by atomic mass is 10.2. The minimum absolute atomic E-state index is 0.0417. The van der Waals surface area contributed by atoms with Crippen LogP contribution in [0.5, 0.6) is 0 Å². The Balaban J connectivity index is 2.36.